The summed E-state index contributed by atoms with van der Waals surface area (Å²) in [6.07, 6.45) is 0. The fourth-order valence-electron chi connectivity index (χ4n) is 1.83. The van der Waals surface area contributed by atoms with Crippen LogP contribution in [-0.4, -0.2) is 21.3 Å². The van der Waals surface area contributed by atoms with Gasteiger partial charge in [-0.05, 0) is 23.6 Å². The molecule has 1 aromatic carbocycles. The van der Waals surface area contributed by atoms with Crippen molar-refractivity contribution in [3.63, 3.8) is 0 Å². The number of methoxy groups -OCH3 is 3. The molecule has 102 valence electrons. The van der Waals surface area contributed by atoms with Gasteiger partial charge in [-0.15, -0.1) is 22.9 Å². The Morgan fingerprint density at radius 3 is 2.37 bits per heavy atom. The average molecular weight is 299 g/mol. The van der Waals surface area contributed by atoms with Crippen molar-refractivity contribution in [2.45, 2.75) is 5.38 Å². The molecule has 0 bridgehead atoms. The van der Waals surface area contributed by atoms with Crippen molar-refractivity contribution in [3.05, 3.63) is 40.1 Å². The smallest absolute Gasteiger partial charge is 0.134 e. The van der Waals surface area contributed by atoms with Crippen molar-refractivity contribution >= 4 is 22.9 Å². The van der Waals surface area contributed by atoms with Gasteiger partial charge in [0.05, 0.1) is 26.2 Å². The Morgan fingerprint density at radius 1 is 1.00 bits per heavy atom. The Labute approximate surface area is 121 Å². The monoisotopic (exact) mass is 298 g/mol. The molecule has 2 rings (SSSR count). The van der Waals surface area contributed by atoms with E-state index in [9.17, 15) is 0 Å². The summed E-state index contributed by atoms with van der Waals surface area (Å²) in [6.45, 7) is 0. The lowest BCUT2D eigenvalue weighted by molar-refractivity contribution is 0.390. The lowest BCUT2D eigenvalue weighted by atomic mass is 10.1. The molecule has 1 atom stereocenters. The zero-order valence-electron chi connectivity index (χ0n) is 11.0. The molecule has 0 aliphatic carbocycles. The Balaban J connectivity index is 2.41. The Hall–Kier alpha value is -1.39. The van der Waals surface area contributed by atoms with Gasteiger partial charge in [-0.25, -0.2) is 0 Å². The molecule has 0 N–H and O–H groups in total. The first-order valence-corrected chi connectivity index (χ1v) is 7.00. The van der Waals surface area contributed by atoms with Gasteiger partial charge in [-0.1, -0.05) is 0 Å². The van der Waals surface area contributed by atoms with Crippen LogP contribution in [0.5, 0.6) is 17.2 Å². The molecule has 2 aromatic rings. The first-order chi connectivity index (χ1) is 9.21. The van der Waals surface area contributed by atoms with E-state index in [1.54, 1.807) is 32.7 Å². The number of halogens is 1. The van der Waals surface area contributed by atoms with E-state index >= 15 is 0 Å². The molecule has 0 amide bonds. The van der Waals surface area contributed by atoms with Gasteiger partial charge in [0.15, 0.2) is 0 Å². The third kappa shape index (κ3) is 2.80. The summed E-state index contributed by atoms with van der Waals surface area (Å²) < 4.78 is 15.9. The molecular formula is C14H15ClO3S. The lowest BCUT2D eigenvalue weighted by Gasteiger charge is -2.15. The topological polar surface area (TPSA) is 27.7 Å². The summed E-state index contributed by atoms with van der Waals surface area (Å²) in [5.41, 5.74) is 0.894. The van der Waals surface area contributed by atoms with Gasteiger partial charge in [0.25, 0.3) is 0 Å². The van der Waals surface area contributed by atoms with Gasteiger partial charge in [-0.2, -0.15) is 0 Å². The molecule has 0 aliphatic rings. The van der Waals surface area contributed by atoms with Crippen LogP contribution in [0.2, 0.25) is 0 Å². The predicted molar refractivity (Wildman–Crippen MR) is 78.1 cm³/mol. The lowest BCUT2D eigenvalue weighted by Crippen LogP contribution is -1.98. The van der Waals surface area contributed by atoms with Crippen molar-refractivity contribution in [1.82, 2.24) is 0 Å². The zero-order chi connectivity index (χ0) is 13.8. The molecule has 0 saturated carbocycles. The summed E-state index contributed by atoms with van der Waals surface area (Å²) in [5.74, 6) is 2.24. The van der Waals surface area contributed by atoms with Crippen LogP contribution in [0.1, 0.15) is 15.8 Å². The molecule has 0 radical (unpaired) electrons. The third-order valence-corrected chi connectivity index (χ3v) is 4.37. The third-order valence-electron chi connectivity index (χ3n) is 2.82. The van der Waals surface area contributed by atoms with Crippen LogP contribution in [0.15, 0.2) is 29.6 Å². The van der Waals surface area contributed by atoms with E-state index in [2.05, 4.69) is 0 Å². The minimum atomic E-state index is -0.309. The predicted octanol–water partition coefficient (Wildman–Crippen LogP) is 4.10. The fraction of sp³-hybridized carbons (Fsp3) is 0.286. The molecule has 1 aromatic heterocycles. The maximum atomic E-state index is 6.55. The number of benzene rings is 1. The number of thiophene rings is 1. The highest BCUT2D eigenvalue weighted by Gasteiger charge is 2.21. The SMILES string of the molecule is COc1ccc(C(Cl)c2sccc2OC)c(OC)c1. The Bertz CT molecular complexity index is 553. The van der Waals surface area contributed by atoms with Gasteiger partial charge < -0.3 is 14.2 Å². The van der Waals surface area contributed by atoms with E-state index < -0.39 is 0 Å². The number of rotatable bonds is 5. The van der Waals surface area contributed by atoms with Crippen molar-refractivity contribution in [3.8, 4) is 17.2 Å². The molecule has 0 aliphatic heterocycles. The minimum Gasteiger partial charge on any atom is -0.497 e. The first kappa shape index (κ1) is 14.0. The van der Waals surface area contributed by atoms with E-state index in [-0.39, 0.29) is 5.38 Å². The van der Waals surface area contributed by atoms with Crippen molar-refractivity contribution in [1.29, 1.82) is 0 Å². The fourth-order valence-corrected chi connectivity index (χ4v) is 3.13. The number of ether oxygens (including phenoxy) is 3. The van der Waals surface area contributed by atoms with Gasteiger partial charge >= 0.3 is 0 Å². The molecule has 1 heterocycles. The van der Waals surface area contributed by atoms with E-state index in [1.165, 1.54) is 0 Å². The van der Waals surface area contributed by atoms with Crippen LogP contribution in [0.4, 0.5) is 0 Å². The largest absolute Gasteiger partial charge is 0.497 e. The van der Waals surface area contributed by atoms with E-state index in [1.807, 2.05) is 29.6 Å². The highest BCUT2D eigenvalue weighted by atomic mass is 35.5. The van der Waals surface area contributed by atoms with E-state index in [4.69, 9.17) is 25.8 Å². The van der Waals surface area contributed by atoms with Crippen LogP contribution in [0.3, 0.4) is 0 Å². The first-order valence-electron chi connectivity index (χ1n) is 5.68. The van der Waals surface area contributed by atoms with Crippen molar-refractivity contribution in [2.75, 3.05) is 21.3 Å². The number of hydrogen-bond acceptors (Lipinski definition) is 4. The van der Waals surface area contributed by atoms with Crippen LogP contribution in [-0.2, 0) is 0 Å². The Kier molecular flexibility index (Phi) is 4.56. The van der Waals surface area contributed by atoms with Crippen molar-refractivity contribution < 1.29 is 14.2 Å². The maximum absolute atomic E-state index is 6.55. The summed E-state index contributed by atoms with van der Waals surface area (Å²) in [4.78, 5) is 0.965. The molecule has 1 unspecified atom stereocenters. The maximum Gasteiger partial charge on any atom is 0.134 e. The summed E-state index contributed by atoms with van der Waals surface area (Å²) in [5, 5.41) is 1.65. The second kappa shape index (κ2) is 6.17. The zero-order valence-corrected chi connectivity index (χ0v) is 12.5. The van der Waals surface area contributed by atoms with Crippen molar-refractivity contribution in [2.24, 2.45) is 0 Å². The normalized spacial score (nSPS) is 12.0. The molecule has 19 heavy (non-hydrogen) atoms. The Morgan fingerprint density at radius 2 is 1.74 bits per heavy atom. The molecule has 5 heteroatoms. The standard InChI is InChI=1S/C14H15ClO3S/c1-16-9-4-5-10(12(8-9)18-3)13(15)14-11(17-2)6-7-19-14/h4-8,13H,1-3H3. The van der Waals surface area contributed by atoms with Crippen LogP contribution < -0.4 is 14.2 Å². The average Bonchev–Trinajstić information content (AvgIpc) is 2.94. The van der Waals surface area contributed by atoms with Crippen LogP contribution in [0.25, 0.3) is 0 Å². The molecule has 0 saturated heterocycles. The second-order valence-electron chi connectivity index (χ2n) is 3.82. The summed E-state index contributed by atoms with van der Waals surface area (Å²) >= 11 is 8.11. The quantitative estimate of drug-likeness (QED) is 0.778. The number of alkyl halides is 1. The van der Waals surface area contributed by atoms with E-state index in [0.29, 0.717) is 5.75 Å². The molecule has 0 spiro atoms. The van der Waals surface area contributed by atoms with Gasteiger partial charge in [0.2, 0.25) is 0 Å². The second-order valence-corrected chi connectivity index (χ2v) is 5.21. The highest BCUT2D eigenvalue weighted by Crippen LogP contribution is 2.42. The van der Waals surface area contributed by atoms with Crippen LogP contribution >= 0.6 is 22.9 Å². The van der Waals surface area contributed by atoms with Gasteiger partial charge in [0.1, 0.15) is 22.6 Å². The summed E-state index contributed by atoms with van der Waals surface area (Å²) in [7, 11) is 4.88. The highest BCUT2D eigenvalue weighted by molar-refractivity contribution is 7.10. The van der Waals surface area contributed by atoms with E-state index in [0.717, 1.165) is 21.9 Å². The molecular weight excluding hydrogens is 284 g/mol. The number of hydrogen-bond donors (Lipinski definition) is 0. The molecule has 0 fully saturated rings. The summed E-state index contributed by atoms with van der Waals surface area (Å²) in [6, 6.07) is 7.51. The molecule has 3 nitrogen and oxygen atoms in total. The van der Waals surface area contributed by atoms with Gasteiger partial charge in [0, 0.05) is 11.6 Å². The van der Waals surface area contributed by atoms with Crippen LogP contribution in [0, 0.1) is 0 Å². The minimum absolute atomic E-state index is 0.309. The van der Waals surface area contributed by atoms with Gasteiger partial charge in [-0.3, -0.25) is 0 Å².